The number of nitrogens with zero attached hydrogens (tertiary/aromatic N) is 1. The standard InChI is InChI=1S/C27H27FN2O4/c1-16-21(9-18-10-24(33-2)27(32)25(11-18)34-3)20-7-6-19(28)12-23(20)22(16)13-26(31)30-15-17-5-4-8-29-14-17/h4-8,10-12,14,21,32H,9,13,15H2,1-3H3,(H,30,31). The lowest BCUT2D eigenvalue weighted by atomic mass is 9.89. The Morgan fingerprint density at radius 1 is 1.12 bits per heavy atom. The zero-order valence-corrected chi connectivity index (χ0v) is 19.4. The molecule has 0 spiro atoms. The fraction of sp³-hybridized carbons (Fsp3) is 0.259. The van der Waals surface area contributed by atoms with Crippen molar-refractivity contribution in [3.63, 3.8) is 0 Å². The normalized spacial score (nSPS) is 14.6. The number of aromatic nitrogens is 1. The van der Waals surface area contributed by atoms with Crippen LogP contribution >= 0.6 is 0 Å². The van der Waals surface area contributed by atoms with E-state index in [0.29, 0.717) is 24.5 Å². The van der Waals surface area contributed by atoms with E-state index in [9.17, 15) is 14.3 Å². The topological polar surface area (TPSA) is 80.7 Å². The molecule has 0 bridgehead atoms. The largest absolute Gasteiger partial charge is 0.502 e. The molecule has 0 radical (unpaired) electrons. The van der Waals surface area contributed by atoms with Crippen molar-refractivity contribution >= 4 is 11.5 Å². The molecule has 1 amide bonds. The van der Waals surface area contributed by atoms with Gasteiger partial charge >= 0.3 is 0 Å². The van der Waals surface area contributed by atoms with Crippen molar-refractivity contribution in [3.05, 3.63) is 88.5 Å². The van der Waals surface area contributed by atoms with Crippen LogP contribution < -0.4 is 14.8 Å². The minimum atomic E-state index is -0.339. The van der Waals surface area contributed by atoms with Crippen LogP contribution in [0.1, 0.15) is 41.5 Å². The van der Waals surface area contributed by atoms with Gasteiger partial charge in [0.2, 0.25) is 11.7 Å². The summed E-state index contributed by atoms with van der Waals surface area (Å²) in [4.78, 5) is 16.8. The maximum atomic E-state index is 14.2. The van der Waals surface area contributed by atoms with Gasteiger partial charge in [-0.2, -0.15) is 0 Å². The van der Waals surface area contributed by atoms with E-state index in [1.807, 2.05) is 19.1 Å². The zero-order valence-electron chi connectivity index (χ0n) is 19.4. The molecule has 3 aromatic rings. The van der Waals surface area contributed by atoms with Gasteiger partial charge in [0.15, 0.2) is 11.5 Å². The second kappa shape index (κ2) is 9.95. The van der Waals surface area contributed by atoms with Crippen LogP contribution in [0.5, 0.6) is 17.2 Å². The predicted molar refractivity (Wildman–Crippen MR) is 127 cm³/mol. The number of rotatable bonds is 8. The van der Waals surface area contributed by atoms with Crippen LogP contribution in [0.2, 0.25) is 0 Å². The van der Waals surface area contributed by atoms with Gasteiger partial charge in [-0.1, -0.05) is 17.7 Å². The Morgan fingerprint density at radius 2 is 1.85 bits per heavy atom. The third-order valence-corrected chi connectivity index (χ3v) is 6.24. The molecule has 34 heavy (non-hydrogen) atoms. The molecule has 1 aliphatic rings. The molecule has 0 fully saturated rings. The first-order chi connectivity index (χ1) is 16.4. The maximum absolute atomic E-state index is 14.2. The summed E-state index contributed by atoms with van der Waals surface area (Å²) in [7, 11) is 2.97. The third-order valence-electron chi connectivity index (χ3n) is 6.24. The Morgan fingerprint density at radius 3 is 2.50 bits per heavy atom. The molecule has 7 heteroatoms. The summed E-state index contributed by atoms with van der Waals surface area (Å²) in [6.07, 6.45) is 4.13. The van der Waals surface area contributed by atoms with E-state index in [4.69, 9.17) is 9.47 Å². The first-order valence-corrected chi connectivity index (χ1v) is 11.0. The van der Waals surface area contributed by atoms with Gasteiger partial charge in [-0.25, -0.2) is 4.39 Å². The fourth-order valence-corrected chi connectivity index (χ4v) is 4.48. The van der Waals surface area contributed by atoms with Crippen molar-refractivity contribution in [2.45, 2.75) is 32.2 Å². The van der Waals surface area contributed by atoms with E-state index >= 15 is 0 Å². The van der Waals surface area contributed by atoms with E-state index < -0.39 is 0 Å². The molecular formula is C27H27FN2O4. The number of fused-ring (bicyclic) bond motifs is 1. The van der Waals surface area contributed by atoms with Crippen LogP contribution in [0.25, 0.3) is 5.57 Å². The maximum Gasteiger partial charge on any atom is 0.224 e. The number of pyridine rings is 1. The molecule has 176 valence electrons. The van der Waals surface area contributed by atoms with Crippen LogP contribution in [-0.2, 0) is 17.8 Å². The summed E-state index contributed by atoms with van der Waals surface area (Å²) < 4.78 is 24.8. The molecule has 1 aromatic heterocycles. The highest BCUT2D eigenvalue weighted by molar-refractivity contribution is 5.92. The molecule has 4 rings (SSSR count). The van der Waals surface area contributed by atoms with E-state index in [2.05, 4.69) is 10.3 Å². The molecule has 0 aliphatic heterocycles. The molecule has 1 aliphatic carbocycles. The fourth-order valence-electron chi connectivity index (χ4n) is 4.48. The first-order valence-electron chi connectivity index (χ1n) is 11.0. The number of halogens is 1. The van der Waals surface area contributed by atoms with E-state index in [1.54, 1.807) is 30.6 Å². The van der Waals surface area contributed by atoms with E-state index in [1.165, 1.54) is 26.4 Å². The minimum absolute atomic E-state index is 0.0457. The summed E-state index contributed by atoms with van der Waals surface area (Å²) in [5.41, 5.74) is 5.39. The van der Waals surface area contributed by atoms with Gasteiger partial charge in [0.25, 0.3) is 0 Å². The van der Waals surface area contributed by atoms with Gasteiger partial charge in [0.05, 0.1) is 20.6 Å². The number of benzene rings is 2. The number of ether oxygens (including phenoxy) is 2. The molecule has 6 nitrogen and oxygen atoms in total. The number of methoxy groups -OCH3 is 2. The molecule has 1 atom stereocenters. The Balaban J connectivity index is 1.61. The quantitative estimate of drug-likeness (QED) is 0.504. The summed E-state index contributed by atoms with van der Waals surface area (Å²) in [6, 6.07) is 12.0. The first kappa shape index (κ1) is 23.3. The summed E-state index contributed by atoms with van der Waals surface area (Å²) in [6.45, 7) is 2.37. The van der Waals surface area contributed by atoms with Crippen LogP contribution in [0.15, 0.2) is 60.4 Å². The molecule has 0 saturated carbocycles. The van der Waals surface area contributed by atoms with Gasteiger partial charge in [-0.05, 0) is 71.5 Å². The highest BCUT2D eigenvalue weighted by Gasteiger charge is 2.30. The number of phenols is 1. The van der Waals surface area contributed by atoms with Crippen LogP contribution in [0, 0.1) is 5.82 Å². The highest BCUT2D eigenvalue weighted by atomic mass is 19.1. The SMILES string of the molecule is COc1cc(CC2C(C)=C(CC(=O)NCc3cccnc3)c3cc(F)ccc32)cc(OC)c1O. The van der Waals surface area contributed by atoms with Crippen molar-refractivity contribution in [2.24, 2.45) is 0 Å². The lowest BCUT2D eigenvalue weighted by molar-refractivity contribution is -0.120. The Labute approximate surface area is 198 Å². The number of hydrogen-bond donors (Lipinski definition) is 2. The Kier molecular flexibility index (Phi) is 6.82. The average molecular weight is 463 g/mol. The molecule has 1 unspecified atom stereocenters. The number of nitrogens with one attached hydrogen (secondary N) is 1. The van der Waals surface area contributed by atoms with E-state index in [-0.39, 0.29) is 29.8 Å². The molecule has 0 saturated heterocycles. The number of hydrogen-bond acceptors (Lipinski definition) is 5. The lowest BCUT2D eigenvalue weighted by Crippen LogP contribution is -2.22. The number of phenolic OH excluding ortho intramolecular Hbond substituents is 1. The molecule has 2 N–H and O–H groups in total. The van der Waals surface area contributed by atoms with Gasteiger partial charge in [-0.3, -0.25) is 9.78 Å². The second-order valence-corrected chi connectivity index (χ2v) is 8.31. The lowest BCUT2D eigenvalue weighted by Gasteiger charge is -2.17. The molecular weight excluding hydrogens is 435 g/mol. The number of allylic oxidation sites excluding steroid dienone is 1. The second-order valence-electron chi connectivity index (χ2n) is 8.31. The number of carbonyl (C=O) groups excluding carboxylic acids is 1. The molecule has 1 heterocycles. The van der Waals surface area contributed by atoms with Crippen LogP contribution in [0.3, 0.4) is 0 Å². The van der Waals surface area contributed by atoms with Crippen molar-refractivity contribution in [3.8, 4) is 17.2 Å². The number of carbonyl (C=O) groups is 1. The number of amides is 1. The number of aromatic hydroxyl groups is 1. The highest BCUT2D eigenvalue weighted by Crippen LogP contribution is 2.46. The predicted octanol–water partition coefficient (Wildman–Crippen LogP) is 4.76. The van der Waals surface area contributed by atoms with Gasteiger partial charge in [0, 0.05) is 24.9 Å². The monoisotopic (exact) mass is 462 g/mol. The van der Waals surface area contributed by atoms with Gasteiger partial charge in [-0.15, -0.1) is 0 Å². The van der Waals surface area contributed by atoms with Crippen molar-refractivity contribution in [1.29, 1.82) is 0 Å². The average Bonchev–Trinajstić information content (AvgIpc) is 3.09. The van der Waals surface area contributed by atoms with Crippen molar-refractivity contribution in [2.75, 3.05) is 14.2 Å². The smallest absolute Gasteiger partial charge is 0.224 e. The zero-order chi connectivity index (χ0) is 24.2. The van der Waals surface area contributed by atoms with Crippen LogP contribution in [-0.4, -0.2) is 30.2 Å². The van der Waals surface area contributed by atoms with Crippen LogP contribution in [0.4, 0.5) is 4.39 Å². The summed E-state index contributed by atoms with van der Waals surface area (Å²) >= 11 is 0. The molecule has 2 aromatic carbocycles. The Hall–Kier alpha value is -3.87. The third kappa shape index (κ3) is 4.73. The minimum Gasteiger partial charge on any atom is -0.502 e. The van der Waals surface area contributed by atoms with Gasteiger partial charge in [0.1, 0.15) is 5.82 Å². The summed E-state index contributed by atoms with van der Waals surface area (Å²) in [5, 5.41) is 13.2. The van der Waals surface area contributed by atoms with E-state index in [0.717, 1.165) is 33.4 Å². The van der Waals surface area contributed by atoms with Crippen molar-refractivity contribution in [1.82, 2.24) is 10.3 Å². The van der Waals surface area contributed by atoms with Crippen molar-refractivity contribution < 1.29 is 23.8 Å². The van der Waals surface area contributed by atoms with Gasteiger partial charge < -0.3 is 19.9 Å². The Bertz CT molecular complexity index is 1220. The summed E-state index contributed by atoms with van der Waals surface area (Å²) in [5.74, 6) is 0.0682.